The lowest BCUT2D eigenvalue weighted by atomic mass is 9.87. The Morgan fingerprint density at radius 1 is 1.00 bits per heavy atom. The summed E-state index contributed by atoms with van der Waals surface area (Å²) in [7, 11) is 3.38. The molecule has 2 aliphatic rings. The van der Waals surface area contributed by atoms with Crippen molar-refractivity contribution < 1.29 is 49.8 Å². The normalized spacial score (nSPS) is 19.2. The van der Waals surface area contributed by atoms with Crippen LogP contribution in [0.2, 0.25) is 0 Å². The fourth-order valence-corrected chi connectivity index (χ4v) is 4.99. The van der Waals surface area contributed by atoms with Crippen LogP contribution in [0.3, 0.4) is 0 Å². The van der Waals surface area contributed by atoms with Crippen LogP contribution in [-0.2, 0) is 18.4 Å². The number of likely N-dealkylation sites (N-methyl/N-ethyl adjacent to an activating group) is 1. The lowest BCUT2D eigenvalue weighted by Gasteiger charge is -2.35. The number of carbonyl (C=O) groups is 1. The van der Waals surface area contributed by atoms with Crippen LogP contribution in [0.1, 0.15) is 27.0 Å². The average molecular weight is 552 g/mol. The van der Waals surface area contributed by atoms with Crippen molar-refractivity contribution in [3.63, 3.8) is 0 Å². The zero-order valence-electron chi connectivity index (χ0n) is 20.3. The monoisotopic (exact) mass is 552 g/mol. The van der Waals surface area contributed by atoms with Crippen molar-refractivity contribution in [1.29, 1.82) is 0 Å². The minimum Gasteiger partial charge on any atom is -0.495 e. The number of anilines is 1. The lowest BCUT2D eigenvalue weighted by Crippen LogP contribution is -2.54. The van der Waals surface area contributed by atoms with Crippen LogP contribution in [0.4, 0.5) is 40.8 Å². The first-order valence-corrected chi connectivity index (χ1v) is 11.6. The lowest BCUT2D eigenvalue weighted by molar-refractivity contribution is -0.377. The number of carbonyl (C=O) groups excluding carboxylic acids is 1. The molecule has 2 aromatic rings. The summed E-state index contributed by atoms with van der Waals surface area (Å²) in [4.78, 5) is 17.3. The third-order valence-electron chi connectivity index (χ3n) is 7.20. The number of benzene rings is 2. The molecule has 0 aromatic heterocycles. The molecule has 0 amide bonds. The van der Waals surface area contributed by atoms with Crippen molar-refractivity contribution in [2.75, 3.05) is 45.2 Å². The molecule has 0 bridgehead atoms. The van der Waals surface area contributed by atoms with E-state index in [4.69, 9.17) is 4.74 Å². The number of rotatable bonds is 5. The summed E-state index contributed by atoms with van der Waals surface area (Å²) in [6.07, 6.45) is -13.5. The fraction of sp³-hybridized carbons (Fsp3) is 0.480. The SMILES string of the molecule is COc1cc2c(cc1N1CCN(C)CC1)CC(Cc1c(F)ccc(C(O)(C(F)(F)F)C(F)(F)F)c1F)C2=O. The minimum atomic E-state index is -6.35. The van der Waals surface area contributed by atoms with E-state index in [0.717, 1.165) is 13.1 Å². The van der Waals surface area contributed by atoms with Gasteiger partial charge in [0, 0.05) is 48.8 Å². The molecule has 1 N–H and O–H groups in total. The third-order valence-corrected chi connectivity index (χ3v) is 7.20. The molecule has 13 heteroatoms. The van der Waals surface area contributed by atoms with E-state index < -0.39 is 58.8 Å². The second-order valence-corrected chi connectivity index (χ2v) is 9.53. The highest BCUT2D eigenvalue weighted by atomic mass is 19.4. The second-order valence-electron chi connectivity index (χ2n) is 9.53. The van der Waals surface area contributed by atoms with E-state index in [9.17, 15) is 40.6 Å². The van der Waals surface area contributed by atoms with Crippen molar-refractivity contribution in [1.82, 2.24) is 4.90 Å². The third kappa shape index (κ3) is 4.59. The van der Waals surface area contributed by atoms with Gasteiger partial charge in [-0.3, -0.25) is 4.79 Å². The van der Waals surface area contributed by atoms with E-state index in [-0.39, 0.29) is 24.1 Å². The highest BCUT2D eigenvalue weighted by Gasteiger charge is 2.72. The van der Waals surface area contributed by atoms with Crippen molar-refractivity contribution in [3.05, 3.63) is 58.2 Å². The smallest absolute Gasteiger partial charge is 0.430 e. The molecule has 5 nitrogen and oxygen atoms in total. The summed E-state index contributed by atoms with van der Waals surface area (Å²) in [6, 6.07) is 3.33. The zero-order chi connectivity index (χ0) is 28.2. The number of fused-ring (bicyclic) bond motifs is 1. The van der Waals surface area contributed by atoms with Gasteiger partial charge in [-0.05, 0) is 49.7 Å². The maximum absolute atomic E-state index is 15.1. The van der Waals surface area contributed by atoms with E-state index in [1.54, 1.807) is 6.07 Å². The first-order valence-electron chi connectivity index (χ1n) is 11.6. The van der Waals surface area contributed by atoms with Gasteiger partial charge in [0.25, 0.3) is 5.60 Å². The van der Waals surface area contributed by atoms with Crippen LogP contribution < -0.4 is 9.64 Å². The van der Waals surface area contributed by atoms with Crippen LogP contribution in [0, 0.1) is 17.6 Å². The van der Waals surface area contributed by atoms with Crippen molar-refractivity contribution >= 4 is 11.5 Å². The topological polar surface area (TPSA) is 53.0 Å². The van der Waals surface area contributed by atoms with Gasteiger partial charge in [-0.25, -0.2) is 8.78 Å². The van der Waals surface area contributed by atoms with Gasteiger partial charge >= 0.3 is 12.4 Å². The molecule has 1 heterocycles. The maximum atomic E-state index is 15.1. The van der Waals surface area contributed by atoms with Gasteiger partial charge in [-0.15, -0.1) is 0 Å². The molecule has 1 saturated heterocycles. The Morgan fingerprint density at radius 3 is 2.16 bits per heavy atom. The van der Waals surface area contributed by atoms with Crippen LogP contribution >= 0.6 is 0 Å². The Balaban J connectivity index is 1.68. The maximum Gasteiger partial charge on any atom is 0.430 e. The number of ether oxygens (including phenoxy) is 1. The number of aliphatic hydroxyl groups is 1. The number of Topliss-reactive ketones (excluding diaryl/α,β-unsaturated/α-hetero) is 1. The van der Waals surface area contributed by atoms with Crippen molar-refractivity contribution in [2.24, 2.45) is 5.92 Å². The summed E-state index contributed by atoms with van der Waals surface area (Å²) in [5.41, 5.74) is -7.48. The van der Waals surface area contributed by atoms with Gasteiger partial charge in [0.15, 0.2) is 5.78 Å². The van der Waals surface area contributed by atoms with Crippen LogP contribution in [-0.4, -0.2) is 68.5 Å². The number of halogens is 8. The van der Waals surface area contributed by atoms with Gasteiger partial charge < -0.3 is 19.6 Å². The van der Waals surface area contributed by atoms with Gasteiger partial charge in [0.1, 0.15) is 17.4 Å². The summed E-state index contributed by atoms with van der Waals surface area (Å²) >= 11 is 0. The number of nitrogens with zero attached hydrogens (tertiary/aromatic N) is 2. The fourth-order valence-electron chi connectivity index (χ4n) is 4.99. The van der Waals surface area contributed by atoms with Crippen LogP contribution in [0.5, 0.6) is 5.75 Å². The van der Waals surface area contributed by atoms with E-state index in [1.165, 1.54) is 13.2 Å². The molecular weight excluding hydrogens is 528 g/mol. The molecule has 1 fully saturated rings. The second kappa shape index (κ2) is 9.67. The van der Waals surface area contributed by atoms with Crippen molar-refractivity contribution in [2.45, 2.75) is 30.8 Å². The molecule has 4 rings (SSSR count). The largest absolute Gasteiger partial charge is 0.495 e. The molecule has 38 heavy (non-hydrogen) atoms. The van der Waals surface area contributed by atoms with Crippen LogP contribution in [0.25, 0.3) is 0 Å². The van der Waals surface area contributed by atoms with Gasteiger partial charge in [0.2, 0.25) is 0 Å². The Hall–Kier alpha value is -2.93. The molecule has 1 aliphatic carbocycles. The first kappa shape index (κ1) is 28.1. The highest BCUT2D eigenvalue weighted by molar-refractivity contribution is 6.03. The average Bonchev–Trinajstić information content (AvgIpc) is 3.13. The number of hydrogen-bond acceptors (Lipinski definition) is 5. The minimum absolute atomic E-state index is 0.0369. The van der Waals surface area contributed by atoms with Gasteiger partial charge in [0.05, 0.1) is 12.8 Å². The summed E-state index contributed by atoms with van der Waals surface area (Å²) in [5.74, 6) is -4.97. The summed E-state index contributed by atoms with van der Waals surface area (Å²) in [5, 5.41) is 9.63. The van der Waals surface area contributed by atoms with E-state index in [0.29, 0.717) is 30.1 Å². The van der Waals surface area contributed by atoms with Crippen molar-refractivity contribution in [3.8, 4) is 5.75 Å². The number of methoxy groups -OCH3 is 1. The van der Waals surface area contributed by atoms with E-state index in [2.05, 4.69) is 9.80 Å². The number of hydrogen-bond donors (Lipinski definition) is 1. The van der Waals surface area contributed by atoms with Crippen LogP contribution in [0.15, 0.2) is 24.3 Å². The molecule has 1 aliphatic heterocycles. The van der Waals surface area contributed by atoms with Gasteiger partial charge in [-0.1, -0.05) is 0 Å². The van der Waals surface area contributed by atoms with E-state index >= 15 is 4.39 Å². The molecule has 0 spiro atoms. The summed E-state index contributed by atoms with van der Waals surface area (Å²) < 4.78 is 115. The molecule has 0 saturated carbocycles. The Bertz CT molecular complexity index is 1220. The quantitative estimate of drug-likeness (QED) is 0.549. The molecule has 1 unspecified atom stereocenters. The predicted molar refractivity (Wildman–Crippen MR) is 120 cm³/mol. The highest BCUT2D eigenvalue weighted by Crippen LogP contribution is 2.51. The predicted octanol–water partition coefficient (Wildman–Crippen LogP) is 4.64. The number of ketones is 1. The standard InChI is InChI=1S/C25H24F8N2O3/c1-34-5-7-35(8-6-34)19-11-13-9-14(22(36)15(13)12-20(19)38-2)10-16-18(26)4-3-17(21(16)27)23(37,24(28,29)30)25(31,32)33/h3-4,11-12,14,37H,5-10H2,1-2H3. The zero-order valence-corrected chi connectivity index (χ0v) is 20.3. The number of alkyl halides is 6. The van der Waals surface area contributed by atoms with E-state index in [1.807, 2.05) is 7.05 Å². The Kier molecular flexibility index (Phi) is 7.15. The molecule has 208 valence electrons. The Morgan fingerprint density at radius 2 is 1.61 bits per heavy atom. The molecular formula is C25H24F8N2O3. The molecule has 0 radical (unpaired) electrons. The summed E-state index contributed by atoms with van der Waals surface area (Å²) in [6.45, 7) is 2.90. The van der Waals surface area contributed by atoms with Gasteiger partial charge in [-0.2, -0.15) is 26.3 Å². The first-order chi connectivity index (χ1) is 17.6. The number of piperazine rings is 1. The Labute approximate surface area is 212 Å². The molecule has 2 aromatic carbocycles. The molecule has 1 atom stereocenters.